The van der Waals surface area contributed by atoms with Crippen molar-refractivity contribution in [2.24, 2.45) is 5.92 Å². The number of benzene rings is 1. The quantitative estimate of drug-likeness (QED) is 0.736. The molecule has 2 aliphatic rings. The van der Waals surface area contributed by atoms with E-state index >= 15 is 0 Å². The van der Waals surface area contributed by atoms with Crippen LogP contribution in [-0.2, 0) is 14.4 Å². The molecule has 30 heavy (non-hydrogen) atoms. The molecule has 3 amide bonds. The molecule has 1 saturated carbocycles. The van der Waals surface area contributed by atoms with E-state index in [-0.39, 0.29) is 17.0 Å². The lowest BCUT2D eigenvalue weighted by atomic mass is 9.85. The highest BCUT2D eigenvalue weighted by molar-refractivity contribution is 6.20. The number of ether oxygens (including phenoxy) is 1. The molecule has 3 rings (SSSR count). The maximum atomic E-state index is 12.9. The van der Waals surface area contributed by atoms with Gasteiger partial charge < -0.3 is 14.9 Å². The largest absolute Gasteiger partial charge is 0.444 e. The molecule has 1 N–H and O–H groups in total. The number of carbonyl (C=O) groups is 4. The van der Waals surface area contributed by atoms with Crippen LogP contribution in [-0.4, -0.2) is 40.6 Å². The van der Waals surface area contributed by atoms with Crippen molar-refractivity contribution in [1.82, 2.24) is 10.4 Å². The number of alkyl carbamates (subject to hydrolysis) is 1. The van der Waals surface area contributed by atoms with Gasteiger partial charge in [-0.05, 0) is 45.2 Å². The number of rotatable bonds is 5. The number of nitrogens with zero attached hydrogens (tertiary/aromatic N) is 1. The third-order valence-electron chi connectivity index (χ3n) is 5.21. The molecular weight excluding hydrogens is 388 g/mol. The first-order chi connectivity index (χ1) is 14.2. The second-order valence-corrected chi connectivity index (χ2v) is 8.80. The Bertz CT molecular complexity index is 803. The van der Waals surface area contributed by atoms with Crippen molar-refractivity contribution in [2.75, 3.05) is 0 Å². The summed E-state index contributed by atoms with van der Waals surface area (Å²) in [5.41, 5.74) is -0.371. The summed E-state index contributed by atoms with van der Waals surface area (Å²) in [5, 5.41) is 3.03. The van der Waals surface area contributed by atoms with Crippen LogP contribution < -0.4 is 5.32 Å². The first-order valence-corrected chi connectivity index (χ1v) is 10.3. The van der Waals surface area contributed by atoms with Crippen LogP contribution >= 0.6 is 0 Å². The Balaban J connectivity index is 1.72. The molecule has 162 valence electrons. The zero-order chi connectivity index (χ0) is 21.9. The Morgan fingerprint density at radius 2 is 1.63 bits per heavy atom. The van der Waals surface area contributed by atoms with Gasteiger partial charge in [0.15, 0.2) is 0 Å². The van der Waals surface area contributed by atoms with E-state index in [0.717, 1.165) is 32.1 Å². The number of carbonyl (C=O) groups excluding carboxylic acids is 4. The molecular formula is C22H28N2O6. The molecule has 1 aliphatic heterocycles. The lowest BCUT2D eigenvalue weighted by Crippen LogP contribution is -2.47. The summed E-state index contributed by atoms with van der Waals surface area (Å²) in [4.78, 5) is 55.3. The maximum Gasteiger partial charge on any atom is 0.408 e. The average molecular weight is 416 g/mol. The molecule has 0 spiro atoms. The van der Waals surface area contributed by atoms with Gasteiger partial charge in [-0.1, -0.05) is 49.3 Å². The van der Waals surface area contributed by atoms with Crippen molar-refractivity contribution >= 4 is 23.9 Å². The Morgan fingerprint density at radius 3 is 2.17 bits per heavy atom. The van der Waals surface area contributed by atoms with Gasteiger partial charge in [0.25, 0.3) is 11.8 Å². The normalized spacial score (nSPS) is 18.0. The van der Waals surface area contributed by atoms with Crippen LogP contribution in [0.2, 0.25) is 0 Å². The van der Waals surface area contributed by atoms with E-state index in [1.165, 1.54) is 12.1 Å². The standard InChI is InChI=1S/C22H28N2O6/c1-22(2,3)29-21(28)23-17(13-14-9-5-4-6-10-14)20(27)30-24-18(25)15-11-7-8-12-16(15)19(24)26/h7-8,11-12,14,17H,4-6,9-10,13H2,1-3H3,(H,23,28). The Labute approximate surface area is 175 Å². The summed E-state index contributed by atoms with van der Waals surface area (Å²) in [6, 6.07) is 5.24. The molecule has 0 aromatic heterocycles. The van der Waals surface area contributed by atoms with Crippen LogP contribution in [0.4, 0.5) is 4.79 Å². The fourth-order valence-corrected chi connectivity index (χ4v) is 3.82. The minimum Gasteiger partial charge on any atom is -0.444 e. The maximum absolute atomic E-state index is 12.9. The minimum atomic E-state index is -1.02. The summed E-state index contributed by atoms with van der Waals surface area (Å²) in [6.07, 6.45) is 4.80. The molecule has 0 saturated heterocycles. The first-order valence-electron chi connectivity index (χ1n) is 10.3. The van der Waals surface area contributed by atoms with Gasteiger partial charge in [0.2, 0.25) is 0 Å². The van der Waals surface area contributed by atoms with E-state index in [2.05, 4.69) is 5.32 Å². The van der Waals surface area contributed by atoms with Crippen LogP contribution in [0.3, 0.4) is 0 Å². The van der Waals surface area contributed by atoms with Crippen molar-refractivity contribution in [3.63, 3.8) is 0 Å². The Kier molecular flexibility index (Phi) is 6.43. The highest BCUT2D eigenvalue weighted by Gasteiger charge is 2.40. The molecule has 1 heterocycles. The molecule has 1 aliphatic carbocycles. The third kappa shape index (κ3) is 5.17. The van der Waals surface area contributed by atoms with Crippen molar-refractivity contribution < 1.29 is 28.8 Å². The summed E-state index contributed by atoms with van der Waals surface area (Å²) < 4.78 is 5.27. The summed E-state index contributed by atoms with van der Waals surface area (Å²) in [7, 11) is 0. The third-order valence-corrected chi connectivity index (χ3v) is 5.21. The van der Waals surface area contributed by atoms with Gasteiger partial charge in [0.1, 0.15) is 11.6 Å². The number of fused-ring (bicyclic) bond motifs is 1. The molecule has 8 heteroatoms. The van der Waals surface area contributed by atoms with Gasteiger partial charge >= 0.3 is 12.1 Å². The van der Waals surface area contributed by atoms with E-state index in [0.29, 0.717) is 11.5 Å². The number of nitrogens with one attached hydrogen (secondary N) is 1. The molecule has 1 unspecified atom stereocenters. The van der Waals surface area contributed by atoms with Gasteiger partial charge in [-0.3, -0.25) is 9.59 Å². The minimum absolute atomic E-state index is 0.180. The topological polar surface area (TPSA) is 102 Å². The lowest BCUT2D eigenvalue weighted by molar-refractivity contribution is -0.171. The van der Waals surface area contributed by atoms with Gasteiger partial charge in [0.05, 0.1) is 11.1 Å². The highest BCUT2D eigenvalue weighted by Crippen LogP contribution is 2.28. The van der Waals surface area contributed by atoms with Crippen LogP contribution in [0.25, 0.3) is 0 Å². The number of amides is 3. The van der Waals surface area contributed by atoms with Gasteiger partial charge in [0, 0.05) is 0 Å². The summed E-state index contributed by atoms with van der Waals surface area (Å²) in [6.45, 7) is 5.17. The number of hydrogen-bond donors (Lipinski definition) is 1. The lowest BCUT2D eigenvalue weighted by Gasteiger charge is -2.27. The predicted octanol–water partition coefficient (Wildman–Crippen LogP) is 3.60. The highest BCUT2D eigenvalue weighted by atomic mass is 16.7. The van der Waals surface area contributed by atoms with Crippen molar-refractivity contribution in [2.45, 2.75) is 70.9 Å². The summed E-state index contributed by atoms with van der Waals surface area (Å²) >= 11 is 0. The molecule has 0 radical (unpaired) electrons. The Morgan fingerprint density at radius 1 is 1.07 bits per heavy atom. The van der Waals surface area contributed by atoms with Crippen LogP contribution in [0.1, 0.15) is 80.0 Å². The number of imide groups is 1. The fourth-order valence-electron chi connectivity index (χ4n) is 3.82. The van der Waals surface area contributed by atoms with E-state index in [4.69, 9.17) is 9.57 Å². The fraction of sp³-hybridized carbons (Fsp3) is 0.545. The first kappa shape index (κ1) is 21.8. The van der Waals surface area contributed by atoms with Gasteiger partial charge in [-0.2, -0.15) is 0 Å². The zero-order valence-corrected chi connectivity index (χ0v) is 17.6. The second-order valence-electron chi connectivity index (χ2n) is 8.80. The number of hydrogen-bond acceptors (Lipinski definition) is 6. The van der Waals surface area contributed by atoms with E-state index in [1.807, 2.05) is 0 Å². The summed E-state index contributed by atoms with van der Waals surface area (Å²) in [5.74, 6) is -2.01. The van der Waals surface area contributed by atoms with Gasteiger partial charge in [-0.15, -0.1) is 0 Å². The Hall–Kier alpha value is -2.90. The zero-order valence-electron chi connectivity index (χ0n) is 17.6. The SMILES string of the molecule is CC(C)(C)OC(=O)NC(CC1CCCCC1)C(=O)ON1C(=O)c2ccccc2C1=O. The van der Waals surface area contributed by atoms with Gasteiger partial charge in [-0.25, -0.2) is 9.59 Å². The number of hydroxylamine groups is 2. The van der Waals surface area contributed by atoms with Crippen molar-refractivity contribution in [3.05, 3.63) is 35.4 Å². The van der Waals surface area contributed by atoms with E-state index in [1.54, 1.807) is 32.9 Å². The van der Waals surface area contributed by atoms with Crippen LogP contribution in [0.15, 0.2) is 24.3 Å². The smallest absolute Gasteiger partial charge is 0.408 e. The molecule has 1 atom stereocenters. The van der Waals surface area contributed by atoms with E-state index < -0.39 is 35.5 Å². The molecule has 1 fully saturated rings. The van der Waals surface area contributed by atoms with Crippen molar-refractivity contribution in [3.8, 4) is 0 Å². The molecule has 0 bridgehead atoms. The molecule has 8 nitrogen and oxygen atoms in total. The second kappa shape index (κ2) is 8.85. The monoisotopic (exact) mass is 416 g/mol. The van der Waals surface area contributed by atoms with E-state index in [9.17, 15) is 19.2 Å². The van der Waals surface area contributed by atoms with Crippen LogP contribution in [0.5, 0.6) is 0 Å². The molecule has 1 aromatic rings. The van der Waals surface area contributed by atoms with Crippen molar-refractivity contribution in [1.29, 1.82) is 0 Å². The average Bonchev–Trinajstić information content (AvgIpc) is 2.92. The predicted molar refractivity (Wildman–Crippen MR) is 107 cm³/mol. The van der Waals surface area contributed by atoms with Crippen LogP contribution in [0, 0.1) is 5.92 Å². The molecule has 1 aromatic carbocycles.